The van der Waals surface area contributed by atoms with Gasteiger partial charge in [0.05, 0.1) is 11.9 Å². The Balaban J connectivity index is 2.20. The summed E-state index contributed by atoms with van der Waals surface area (Å²) >= 11 is 5.80. The standard InChI is InChI=1S/C14H12ClFN2O/c1-8-3-4-10(6-12(8)16)14(19)18-11-5-9(2)13(15)17-7-11/h3-7H,1-2H3,(H,18,19). The van der Waals surface area contributed by atoms with Crippen LogP contribution in [0.25, 0.3) is 0 Å². The summed E-state index contributed by atoms with van der Waals surface area (Å²) in [5.41, 5.74) is 2.04. The Hall–Kier alpha value is -1.94. The molecule has 5 heteroatoms. The third-order valence-electron chi connectivity index (χ3n) is 2.71. The lowest BCUT2D eigenvalue weighted by atomic mass is 10.1. The molecule has 0 saturated carbocycles. The smallest absolute Gasteiger partial charge is 0.255 e. The van der Waals surface area contributed by atoms with Crippen molar-refractivity contribution in [3.05, 3.63) is 58.1 Å². The van der Waals surface area contributed by atoms with E-state index in [0.29, 0.717) is 16.4 Å². The summed E-state index contributed by atoms with van der Waals surface area (Å²) in [4.78, 5) is 15.9. The molecule has 3 nitrogen and oxygen atoms in total. The summed E-state index contributed by atoms with van der Waals surface area (Å²) in [5, 5.41) is 3.03. The average Bonchev–Trinajstić information content (AvgIpc) is 2.37. The third-order valence-corrected chi connectivity index (χ3v) is 3.10. The van der Waals surface area contributed by atoms with Gasteiger partial charge in [-0.25, -0.2) is 9.37 Å². The van der Waals surface area contributed by atoms with Gasteiger partial charge in [0.25, 0.3) is 5.91 Å². The molecule has 1 amide bonds. The largest absolute Gasteiger partial charge is 0.321 e. The van der Waals surface area contributed by atoms with Gasteiger partial charge < -0.3 is 5.32 Å². The van der Waals surface area contributed by atoms with Crippen LogP contribution in [0.5, 0.6) is 0 Å². The van der Waals surface area contributed by atoms with Gasteiger partial charge in [-0.2, -0.15) is 0 Å². The Morgan fingerprint density at radius 2 is 2.00 bits per heavy atom. The molecule has 0 fully saturated rings. The maximum Gasteiger partial charge on any atom is 0.255 e. The van der Waals surface area contributed by atoms with E-state index in [9.17, 15) is 9.18 Å². The first-order valence-corrected chi connectivity index (χ1v) is 6.05. The number of aromatic nitrogens is 1. The summed E-state index contributed by atoms with van der Waals surface area (Å²) in [7, 11) is 0. The Labute approximate surface area is 115 Å². The van der Waals surface area contributed by atoms with E-state index in [1.54, 1.807) is 32.0 Å². The molecule has 1 heterocycles. The molecular weight excluding hydrogens is 267 g/mol. The molecule has 98 valence electrons. The Kier molecular flexibility index (Phi) is 3.81. The van der Waals surface area contributed by atoms with Crippen LogP contribution >= 0.6 is 11.6 Å². The van der Waals surface area contributed by atoms with E-state index >= 15 is 0 Å². The quantitative estimate of drug-likeness (QED) is 0.850. The number of halogens is 2. The number of amides is 1. The van der Waals surface area contributed by atoms with Gasteiger partial charge in [0, 0.05) is 5.56 Å². The highest BCUT2D eigenvalue weighted by Gasteiger charge is 2.09. The summed E-state index contributed by atoms with van der Waals surface area (Å²) in [5.74, 6) is -0.791. The lowest BCUT2D eigenvalue weighted by molar-refractivity contribution is 0.102. The SMILES string of the molecule is Cc1ccc(C(=O)Nc2cnc(Cl)c(C)c2)cc1F. The second-order valence-corrected chi connectivity index (χ2v) is 4.61. The molecule has 0 radical (unpaired) electrons. The van der Waals surface area contributed by atoms with Gasteiger partial charge >= 0.3 is 0 Å². The molecule has 0 aliphatic rings. The Morgan fingerprint density at radius 3 is 2.63 bits per heavy atom. The van der Waals surface area contributed by atoms with Crippen LogP contribution in [-0.2, 0) is 0 Å². The van der Waals surface area contributed by atoms with Crippen LogP contribution < -0.4 is 5.32 Å². The van der Waals surface area contributed by atoms with Gasteiger partial charge in [0.15, 0.2) is 0 Å². The minimum atomic E-state index is -0.405. The van der Waals surface area contributed by atoms with Crippen LogP contribution in [0.3, 0.4) is 0 Å². The topological polar surface area (TPSA) is 42.0 Å². The monoisotopic (exact) mass is 278 g/mol. The molecular formula is C14H12ClFN2O. The maximum absolute atomic E-state index is 13.4. The molecule has 1 N–H and O–H groups in total. The highest BCUT2D eigenvalue weighted by atomic mass is 35.5. The highest BCUT2D eigenvalue weighted by molar-refractivity contribution is 6.30. The molecule has 0 spiro atoms. The van der Waals surface area contributed by atoms with Crippen LogP contribution in [0, 0.1) is 19.7 Å². The zero-order valence-corrected chi connectivity index (χ0v) is 11.3. The van der Waals surface area contributed by atoms with E-state index in [-0.39, 0.29) is 11.5 Å². The Bertz CT molecular complexity index is 643. The lowest BCUT2D eigenvalue weighted by Gasteiger charge is -2.07. The van der Waals surface area contributed by atoms with Crippen molar-refractivity contribution in [1.82, 2.24) is 4.98 Å². The van der Waals surface area contributed by atoms with Crippen molar-refractivity contribution in [3.8, 4) is 0 Å². The number of carbonyl (C=O) groups is 1. The number of hydrogen-bond donors (Lipinski definition) is 1. The first-order chi connectivity index (χ1) is 8.97. The number of nitrogens with zero attached hydrogens (tertiary/aromatic N) is 1. The fourth-order valence-corrected chi connectivity index (χ4v) is 1.67. The predicted octanol–water partition coefficient (Wildman–Crippen LogP) is 3.74. The van der Waals surface area contributed by atoms with Crippen molar-refractivity contribution < 1.29 is 9.18 Å². The summed E-state index contributed by atoms with van der Waals surface area (Å²) in [6.45, 7) is 3.43. The van der Waals surface area contributed by atoms with Crippen molar-refractivity contribution in [1.29, 1.82) is 0 Å². The normalized spacial score (nSPS) is 10.3. The molecule has 0 unspecified atom stereocenters. The van der Waals surface area contributed by atoms with Gasteiger partial charge in [0.2, 0.25) is 0 Å². The molecule has 2 aromatic rings. The lowest BCUT2D eigenvalue weighted by Crippen LogP contribution is -2.12. The number of benzene rings is 1. The van der Waals surface area contributed by atoms with Gasteiger partial charge in [-0.15, -0.1) is 0 Å². The number of hydrogen-bond acceptors (Lipinski definition) is 2. The minimum Gasteiger partial charge on any atom is -0.321 e. The minimum absolute atomic E-state index is 0.260. The Morgan fingerprint density at radius 1 is 1.26 bits per heavy atom. The summed E-state index contributed by atoms with van der Waals surface area (Å²) in [6, 6.07) is 6.05. The van der Waals surface area contributed by atoms with Crippen molar-refractivity contribution in [2.24, 2.45) is 0 Å². The fourth-order valence-electron chi connectivity index (χ4n) is 1.56. The van der Waals surface area contributed by atoms with E-state index in [0.717, 1.165) is 5.56 Å². The molecule has 0 saturated heterocycles. The van der Waals surface area contributed by atoms with Gasteiger partial charge in [-0.1, -0.05) is 17.7 Å². The first-order valence-electron chi connectivity index (χ1n) is 5.67. The number of anilines is 1. The third kappa shape index (κ3) is 3.09. The molecule has 1 aromatic heterocycles. The molecule has 0 atom stereocenters. The number of aryl methyl sites for hydroxylation is 2. The maximum atomic E-state index is 13.4. The molecule has 19 heavy (non-hydrogen) atoms. The number of pyridine rings is 1. The number of nitrogens with one attached hydrogen (secondary N) is 1. The van der Waals surface area contributed by atoms with Crippen LogP contribution in [-0.4, -0.2) is 10.9 Å². The van der Waals surface area contributed by atoms with E-state index in [1.807, 2.05) is 0 Å². The van der Waals surface area contributed by atoms with Crippen molar-refractivity contribution in [2.75, 3.05) is 5.32 Å². The second-order valence-electron chi connectivity index (χ2n) is 4.25. The zero-order chi connectivity index (χ0) is 14.0. The second kappa shape index (κ2) is 5.36. The zero-order valence-electron chi connectivity index (χ0n) is 10.5. The van der Waals surface area contributed by atoms with E-state index < -0.39 is 5.82 Å². The van der Waals surface area contributed by atoms with Crippen molar-refractivity contribution in [2.45, 2.75) is 13.8 Å². The van der Waals surface area contributed by atoms with E-state index in [4.69, 9.17) is 11.6 Å². The molecule has 2 rings (SSSR count). The van der Waals surface area contributed by atoms with Crippen molar-refractivity contribution in [3.63, 3.8) is 0 Å². The fraction of sp³-hybridized carbons (Fsp3) is 0.143. The molecule has 0 bridgehead atoms. The van der Waals surface area contributed by atoms with Crippen LogP contribution in [0.4, 0.5) is 10.1 Å². The highest BCUT2D eigenvalue weighted by Crippen LogP contribution is 2.17. The average molecular weight is 279 g/mol. The molecule has 0 aliphatic carbocycles. The molecule has 1 aromatic carbocycles. The van der Waals surface area contributed by atoms with Gasteiger partial charge in [-0.05, 0) is 43.2 Å². The van der Waals surface area contributed by atoms with E-state index in [2.05, 4.69) is 10.3 Å². The van der Waals surface area contributed by atoms with Crippen molar-refractivity contribution >= 4 is 23.2 Å². The molecule has 0 aliphatic heterocycles. The van der Waals surface area contributed by atoms with Crippen LogP contribution in [0.2, 0.25) is 5.15 Å². The summed E-state index contributed by atoms with van der Waals surface area (Å²) < 4.78 is 13.4. The first kappa shape index (κ1) is 13.5. The van der Waals surface area contributed by atoms with Crippen LogP contribution in [0.15, 0.2) is 30.5 Å². The number of rotatable bonds is 2. The summed E-state index contributed by atoms with van der Waals surface area (Å²) in [6.07, 6.45) is 1.46. The predicted molar refractivity (Wildman–Crippen MR) is 73.1 cm³/mol. The van der Waals surface area contributed by atoms with E-state index in [1.165, 1.54) is 12.3 Å². The van der Waals surface area contributed by atoms with Gasteiger partial charge in [-0.3, -0.25) is 4.79 Å². The van der Waals surface area contributed by atoms with Gasteiger partial charge in [0.1, 0.15) is 11.0 Å². The van der Waals surface area contributed by atoms with Crippen LogP contribution in [0.1, 0.15) is 21.5 Å². The number of carbonyl (C=O) groups excluding carboxylic acids is 1.